The molecule has 0 unspecified atom stereocenters. The number of carbonyl (C=O) groups excluding carboxylic acids is 1. The topological polar surface area (TPSA) is 62.2 Å². The molecule has 1 rings (SSSR count). The molecule has 0 saturated carbocycles. The van der Waals surface area contributed by atoms with E-state index in [1.54, 1.807) is 12.1 Å². The minimum Gasteiger partial charge on any atom is -0.546 e. The van der Waals surface area contributed by atoms with E-state index in [4.69, 9.17) is 4.74 Å². The van der Waals surface area contributed by atoms with Gasteiger partial charge in [-0.15, -0.1) is 0 Å². The molecule has 12 heavy (non-hydrogen) atoms. The first kappa shape index (κ1) is 8.99. The van der Waals surface area contributed by atoms with Crippen molar-refractivity contribution in [2.75, 3.05) is 6.61 Å². The van der Waals surface area contributed by atoms with Crippen LogP contribution < -0.4 is 9.84 Å². The maximum atomic E-state index is 9.97. The van der Waals surface area contributed by atoms with Crippen LogP contribution in [0.25, 0.3) is 0 Å². The fraction of sp³-hybridized carbons (Fsp3) is 0.143. The molecule has 0 amide bonds. The lowest BCUT2D eigenvalue weighted by molar-refractivity contribution is -0.307. The zero-order chi connectivity index (χ0) is 8.97. The number of aliphatic carboxylic acids is 1. The van der Waals surface area contributed by atoms with Crippen LogP contribution in [0.15, 0.2) is 22.8 Å². The van der Waals surface area contributed by atoms with Crippen molar-refractivity contribution in [1.29, 1.82) is 0 Å². The van der Waals surface area contributed by atoms with Crippen LogP contribution in [0.5, 0.6) is 5.88 Å². The van der Waals surface area contributed by atoms with Crippen molar-refractivity contribution in [3.8, 4) is 5.88 Å². The van der Waals surface area contributed by atoms with Gasteiger partial charge in [0.1, 0.15) is 6.61 Å². The number of hydrogen-bond acceptors (Lipinski definition) is 4. The van der Waals surface area contributed by atoms with E-state index in [9.17, 15) is 9.90 Å². The molecular weight excluding hydrogens is 226 g/mol. The van der Waals surface area contributed by atoms with Crippen LogP contribution in [-0.4, -0.2) is 17.6 Å². The monoisotopic (exact) mass is 230 g/mol. The maximum absolute atomic E-state index is 9.97. The van der Waals surface area contributed by atoms with Crippen LogP contribution in [0.2, 0.25) is 0 Å². The summed E-state index contributed by atoms with van der Waals surface area (Å²) in [5, 5.41) is 9.97. The molecule has 0 aliphatic rings. The summed E-state index contributed by atoms with van der Waals surface area (Å²) in [5.74, 6) is -0.998. The van der Waals surface area contributed by atoms with Gasteiger partial charge in [-0.25, -0.2) is 4.98 Å². The van der Waals surface area contributed by atoms with Gasteiger partial charge in [0.05, 0.1) is 5.97 Å². The second-order valence-electron chi connectivity index (χ2n) is 1.98. The number of carboxylic acid groups (broad SMARTS) is 1. The van der Waals surface area contributed by atoms with Gasteiger partial charge in [-0.3, -0.25) is 0 Å². The summed E-state index contributed by atoms with van der Waals surface area (Å²) >= 11 is 3.18. The summed E-state index contributed by atoms with van der Waals surface area (Å²) in [4.78, 5) is 13.8. The summed E-state index contributed by atoms with van der Waals surface area (Å²) in [5.41, 5.74) is 0. The Kier molecular flexibility index (Phi) is 3.04. The summed E-state index contributed by atoms with van der Waals surface area (Å²) in [7, 11) is 0. The number of halogens is 1. The molecule has 0 aliphatic carbocycles. The maximum Gasteiger partial charge on any atom is 0.213 e. The molecule has 1 aromatic rings. The number of carbonyl (C=O) groups is 1. The van der Waals surface area contributed by atoms with Crippen LogP contribution >= 0.6 is 15.9 Å². The van der Waals surface area contributed by atoms with Crippen molar-refractivity contribution in [2.24, 2.45) is 0 Å². The number of nitrogens with zero attached hydrogens (tertiary/aromatic N) is 1. The molecule has 0 aromatic carbocycles. The molecule has 4 nitrogen and oxygen atoms in total. The van der Waals surface area contributed by atoms with E-state index in [1.165, 1.54) is 6.20 Å². The summed E-state index contributed by atoms with van der Waals surface area (Å²) < 4.78 is 5.54. The molecule has 0 saturated heterocycles. The van der Waals surface area contributed by atoms with E-state index in [1.807, 2.05) is 0 Å². The number of ether oxygens (including phenoxy) is 1. The van der Waals surface area contributed by atoms with Crippen molar-refractivity contribution in [1.82, 2.24) is 4.98 Å². The molecule has 1 heterocycles. The third-order valence-corrected chi connectivity index (χ3v) is 1.51. The van der Waals surface area contributed by atoms with Crippen molar-refractivity contribution in [3.63, 3.8) is 0 Å². The van der Waals surface area contributed by atoms with Crippen LogP contribution in [0, 0.1) is 0 Å². The fourth-order valence-corrected chi connectivity index (χ4v) is 0.815. The lowest BCUT2D eigenvalue weighted by Gasteiger charge is -2.04. The Morgan fingerprint density at radius 2 is 2.42 bits per heavy atom. The van der Waals surface area contributed by atoms with E-state index in [0.717, 1.165) is 4.47 Å². The number of carboxylic acids is 1. The Morgan fingerprint density at radius 3 is 2.92 bits per heavy atom. The molecule has 0 spiro atoms. The molecule has 1 aromatic heterocycles. The third-order valence-electron chi connectivity index (χ3n) is 1.04. The largest absolute Gasteiger partial charge is 0.546 e. The summed E-state index contributed by atoms with van der Waals surface area (Å²) in [6, 6.07) is 3.27. The third kappa shape index (κ3) is 2.87. The Balaban J connectivity index is 2.53. The van der Waals surface area contributed by atoms with Gasteiger partial charge in [-0.05, 0) is 22.0 Å². The first-order valence-corrected chi connectivity index (χ1v) is 3.92. The molecule has 64 valence electrons. The van der Waals surface area contributed by atoms with E-state index < -0.39 is 12.6 Å². The number of hydrogen-bond donors (Lipinski definition) is 0. The first-order chi connectivity index (χ1) is 5.68. The van der Waals surface area contributed by atoms with Crippen LogP contribution in [0.4, 0.5) is 0 Å². The van der Waals surface area contributed by atoms with Crippen LogP contribution in [0.1, 0.15) is 0 Å². The summed E-state index contributed by atoms with van der Waals surface area (Å²) in [6.07, 6.45) is 1.52. The highest BCUT2D eigenvalue weighted by atomic mass is 79.9. The van der Waals surface area contributed by atoms with E-state index >= 15 is 0 Å². The zero-order valence-electron chi connectivity index (χ0n) is 5.99. The van der Waals surface area contributed by atoms with Gasteiger partial charge in [-0.2, -0.15) is 0 Å². The minimum absolute atomic E-state index is 0.266. The molecule has 0 atom stereocenters. The number of rotatable bonds is 3. The SMILES string of the molecule is O=C([O-])COc1ccc(Br)cn1. The highest BCUT2D eigenvalue weighted by Gasteiger charge is 1.93. The fourth-order valence-electron chi connectivity index (χ4n) is 0.580. The van der Waals surface area contributed by atoms with Crippen LogP contribution in [-0.2, 0) is 4.79 Å². The Bertz CT molecular complexity index is 272. The molecular formula is C7H5BrNO3-. The molecule has 0 aliphatic heterocycles. The standard InChI is InChI=1S/C7H6BrNO3/c8-5-1-2-6(9-3-5)12-4-7(10)11/h1-3H,4H2,(H,10,11)/p-1. The van der Waals surface area contributed by atoms with Gasteiger partial charge in [0.25, 0.3) is 0 Å². The van der Waals surface area contributed by atoms with Crippen molar-refractivity contribution in [2.45, 2.75) is 0 Å². The van der Waals surface area contributed by atoms with Gasteiger partial charge < -0.3 is 14.6 Å². The Hall–Kier alpha value is -1.10. The lowest BCUT2D eigenvalue weighted by Crippen LogP contribution is -2.29. The smallest absolute Gasteiger partial charge is 0.213 e. The van der Waals surface area contributed by atoms with Crippen molar-refractivity contribution < 1.29 is 14.6 Å². The number of aromatic nitrogens is 1. The van der Waals surface area contributed by atoms with Crippen LogP contribution in [0.3, 0.4) is 0 Å². The average Bonchev–Trinajstić information content (AvgIpc) is 2.03. The molecule has 0 N–H and O–H groups in total. The number of pyridine rings is 1. The van der Waals surface area contributed by atoms with E-state index in [-0.39, 0.29) is 5.88 Å². The Labute approximate surface area is 77.3 Å². The second-order valence-corrected chi connectivity index (χ2v) is 2.89. The highest BCUT2D eigenvalue weighted by molar-refractivity contribution is 9.10. The average molecular weight is 231 g/mol. The summed E-state index contributed by atoms with van der Waals surface area (Å²) in [6.45, 7) is -0.478. The van der Waals surface area contributed by atoms with Crippen molar-refractivity contribution >= 4 is 21.9 Å². The molecule has 0 fully saturated rings. The van der Waals surface area contributed by atoms with E-state index in [0.29, 0.717) is 0 Å². The van der Waals surface area contributed by atoms with Gasteiger partial charge in [0.15, 0.2) is 0 Å². The Morgan fingerprint density at radius 1 is 1.67 bits per heavy atom. The van der Waals surface area contributed by atoms with E-state index in [2.05, 4.69) is 20.9 Å². The van der Waals surface area contributed by atoms with Gasteiger partial charge in [0.2, 0.25) is 5.88 Å². The minimum atomic E-state index is -1.26. The molecule has 5 heteroatoms. The predicted octanol–water partition coefficient (Wildman–Crippen LogP) is -0.0272. The highest BCUT2D eigenvalue weighted by Crippen LogP contribution is 2.11. The van der Waals surface area contributed by atoms with Crippen molar-refractivity contribution in [3.05, 3.63) is 22.8 Å². The normalized spacial score (nSPS) is 9.42. The quantitative estimate of drug-likeness (QED) is 0.732. The van der Waals surface area contributed by atoms with Gasteiger partial charge in [-0.1, -0.05) is 0 Å². The van der Waals surface area contributed by atoms with Gasteiger partial charge >= 0.3 is 0 Å². The predicted molar refractivity (Wildman–Crippen MR) is 42.4 cm³/mol. The lowest BCUT2D eigenvalue weighted by atomic mass is 10.5. The molecule has 0 radical (unpaired) electrons. The zero-order valence-corrected chi connectivity index (χ0v) is 7.58. The first-order valence-electron chi connectivity index (χ1n) is 3.12. The molecule has 0 bridgehead atoms. The second kappa shape index (κ2) is 4.06. The van der Waals surface area contributed by atoms with Gasteiger partial charge in [0, 0.05) is 16.7 Å².